The Morgan fingerprint density at radius 2 is 2.24 bits per heavy atom. The Labute approximate surface area is 177 Å². The van der Waals surface area contributed by atoms with E-state index in [1.54, 1.807) is 6.26 Å². The van der Waals surface area contributed by atoms with Crippen molar-refractivity contribution in [2.75, 3.05) is 6.61 Å². The zero-order valence-corrected chi connectivity index (χ0v) is 17.3. The number of esters is 1. The van der Waals surface area contributed by atoms with E-state index in [1.165, 1.54) is 18.3 Å². The first-order valence-electron chi connectivity index (χ1n) is 9.18. The van der Waals surface area contributed by atoms with Crippen molar-refractivity contribution in [1.82, 2.24) is 10.2 Å². The zero-order chi connectivity index (χ0) is 20.2. The predicted octanol–water partition coefficient (Wildman–Crippen LogP) is 4.99. The second-order valence-electron chi connectivity index (χ2n) is 6.64. The number of aromatic nitrogens is 2. The van der Waals surface area contributed by atoms with Gasteiger partial charge in [-0.1, -0.05) is 47.2 Å². The fourth-order valence-corrected chi connectivity index (χ4v) is 4.11. The molecule has 0 N–H and O–H groups in total. The fourth-order valence-electron chi connectivity index (χ4n) is 3.09. The van der Waals surface area contributed by atoms with Crippen molar-refractivity contribution in [3.63, 3.8) is 0 Å². The van der Waals surface area contributed by atoms with Crippen LogP contribution in [0.15, 0.2) is 53.2 Å². The molecule has 0 saturated heterocycles. The smallest absolute Gasteiger partial charge is 0.302 e. The van der Waals surface area contributed by atoms with Crippen LogP contribution in [0.3, 0.4) is 0 Å². The van der Waals surface area contributed by atoms with E-state index in [2.05, 4.69) is 16.3 Å². The molecule has 0 fully saturated rings. The Kier molecular flexibility index (Phi) is 6.08. The average Bonchev–Trinajstić information content (AvgIpc) is 3.40. The molecule has 0 saturated carbocycles. The van der Waals surface area contributed by atoms with Gasteiger partial charge in [0.05, 0.1) is 12.4 Å². The molecule has 2 aromatic heterocycles. The number of furan rings is 1. The summed E-state index contributed by atoms with van der Waals surface area (Å²) in [5.74, 6) is 0.388. The lowest BCUT2D eigenvalue weighted by molar-refractivity contribution is -0.145. The summed E-state index contributed by atoms with van der Waals surface area (Å²) in [5, 5.41) is 10.7. The number of carbonyl (C=O) groups is 1. The van der Waals surface area contributed by atoms with Crippen molar-refractivity contribution in [3.05, 3.63) is 69.9 Å². The lowest BCUT2D eigenvalue weighted by Gasteiger charge is -2.26. The largest absolute Gasteiger partial charge is 0.463 e. The minimum absolute atomic E-state index is 0.121. The van der Waals surface area contributed by atoms with E-state index < -0.39 is 0 Å². The van der Waals surface area contributed by atoms with Crippen molar-refractivity contribution in [2.24, 2.45) is 0 Å². The summed E-state index contributed by atoms with van der Waals surface area (Å²) in [6, 6.07) is 9.57. The predicted molar refractivity (Wildman–Crippen MR) is 110 cm³/mol. The highest BCUT2D eigenvalue weighted by atomic mass is 35.5. The summed E-state index contributed by atoms with van der Waals surface area (Å²) >= 11 is 7.91. The van der Waals surface area contributed by atoms with Crippen LogP contribution in [-0.2, 0) is 20.7 Å². The van der Waals surface area contributed by atoms with E-state index in [1.807, 2.05) is 36.4 Å². The van der Waals surface area contributed by atoms with Crippen LogP contribution in [0.4, 0.5) is 0 Å². The number of hydrogen-bond donors (Lipinski definition) is 0. The third-order valence-corrected chi connectivity index (χ3v) is 5.78. The van der Waals surface area contributed by atoms with Crippen molar-refractivity contribution >= 4 is 28.9 Å². The van der Waals surface area contributed by atoms with E-state index in [-0.39, 0.29) is 24.8 Å². The quantitative estimate of drug-likeness (QED) is 0.405. The first-order valence-corrected chi connectivity index (χ1v) is 10.4. The fraction of sp³-hybridized carbons (Fsp3) is 0.286. The van der Waals surface area contributed by atoms with Gasteiger partial charge in [-0.3, -0.25) is 4.79 Å². The van der Waals surface area contributed by atoms with Gasteiger partial charge in [0.15, 0.2) is 10.8 Å². The molecule has 0 radical (unpaired) electrons. The van der Waals surface area contributed by atoms with E-state index in [0.29, 0.717) is 17.2 Å². The Bertz CT molecular complexity index is 1020. The molecule has 1 aromatic carbocycles. The molecule has 4 rings (SSSR count). The molecule has 3 heterocycles. The third-order valence-electron chi connectivity index (χ3n) is 4.47. The minimum atomic E-state index is -0.316. The van der Waals surface area contributed by atoms with E-state index >= 15 is 0 Å². The van der Waals surface area contributed by atoms with Crippen LogP contribution in [0.25, 0.3) is 10.8 Å². The normalized spacial score (nSPS) is 18.7. The number of benzene rings is 1. The molecule has 0 unspecified atom stereocenters. The SMILES string of the molecule is CC(=O)OC[C@@H]1C=CC[C@@H](c2ccc(Cl)c(Cc3nnc(-c4ccco4)s3)c2)O1. The molecule has 6 nitrogen and oxygen atoms in total. The number of nitrogens with zero attached hydrogens (tertiary/aromatic N) is 2. The van der Waals surface area contributed by atoms with Gasteiger partial charge in [-0.2, -0.15) is 0 Å². The summed E-state index contributed by atoms with van der Waals surface area (Å²) in [7, 11) is 0. The minimum Gasteiger partial charge on any atom is -0.463 e. The molecule has 0 spiro atoms. The molecule has 3 aromatic rings. The van der Waals surface area contributed by atoms with Gasteiger partial charge in [0.1, 0.15) is 17.7 Å². The lowest BCUT2D eigenvalue weighted by atomic mass is 10.00. The average molecular weight is 431 g/mol. The zero-order valence-electron chi connectivity index (χ0n) is 15.7. The highest BCUT2D eigenvalue weighted by Gasteiger charge is 2.22. The van der Waals surface area contributed by atoms with Crippen LogP contribution < -0.4 is 0 Å². The van der Waals surface area contributed by atoms with E-state index in [9.17, 15) is 4.79 Å². The van der Waals surface area contributed by atoms with Crippen molar-refractivity contribution in [2.45, 2.75) is 32.0 Å². The van der Waals surface area contributed by atoms with Gasteiger partial charge >= 0.3 is 5.97 Å². The third kappa shape index (κ3) is 4.93. The second kappa shape index (κ2) is 8.90. The van der Waals surface area contributed by atoms with Gasteiger partial charge < -0.3 is 13.9 Å². The summed E-state index contributed by atoms with van der Waals surface area (Å²) in [6.45, 7) is 1.60. The standard InChI is InChI=1S/C21H19ClN2O4S/c1-13(25)27-12-16-4-2-5-18(28-16)14-7-8-17(22)15(10-14)11-20-23-24-21(29-20)19-6-3-9-26-19/h2-4,6-10,16,18H,5,11-12H2,1H3/t16-,18-/m0/s1. The molecule has 1 aliphatic rings. The van der Waals surface area contributed by atoms with Gasteiger partial charge in [-0.05, 0) is 35.7 Å². The Morgan fingerprint density at radius 1 is 1.34 bits per heavy atom. The summed E-state index contributed by atoms with van der Waals surface area (Å²) in [6.07, 6.45) is 6.54. The molecular formula is C21H19ClN2O4S. The Hall–Kier alpha value is -2.48. The summed E-state index contributed by atoms with van der Waals surface area (Å²) in [5.41, 5.74) is 1.98. The number of ether oxygens (including phenoxy) is 2. The van der Waals surface area contributed by atoms with Crippen molar-refractivity contribution in [1.29, 1.82) is 0 Å². The van der Waals surface area contributed by atoms with Crippen LogP contribution >= 0.6 is 22.9 Å². The number of hydrogen-bond acceptors (Lipinski definition) is 7. The highest BCUT2D eigenvalue weighted by Crippen LogP contribution is 2.32. The number of carbonyl (C=O) groups excluding carboxylic acids is 1. The molecule has 0 bridgehead atoms. The maximum Gasteiger partial charge on any atom is 0.302 e. The number of rotatable bonds is 6. The molecule has 0 aliphatic carbocycles. The molecule has 150 valence electrons. The molecule has 8 heteroatoms. The van der Waals surface area contributed by atoms with Gasteiger partial charge in [0.25, 0.3) is 0 Å². The molecule has 0 amide bonds. The Balaban J connectivity index is 1.48. The number of halogens is 1. The summed E-state index contributed by atoms with van der Waals surface area (Å²) < 4.78 is 16.5. The highest BCUT2D eigenvalue weighted by molar-refractivity contribution is 7.14. The van der Waals surface area contributed by atoms with Crippen molar-refractivity contribution < 1.29 is 18.7 Å². The lowest BCUT2D eigenvalue weighted by Crippen LogP contribution is -2.24. The molecule has 2 atom stereocenters. The molecular weight excluding hydrogens is 412 g/mol. The van der Waals surface area contributed by atoms with Crippen molar-refractivity contribution in [3.8, 4) is 10.8 Å². The molecule has 1 aliphatic heterocycles. The Morgan fingerprint density at radius 3 is 3.03 bits per heavy atom. The van der Waals surface area contributed by atoms with Gasteiger partial charge in [-0.25, -0.2) is 0 Å². The van der Waals surface area contributed by atoms with E-state index in [0.717, 1.165) is 27.6 Å². The van der Waals surface area contributed by atoms with Gasteiger partial charge in [0.2, 0.25) is 0 Å². The monoisotopic (exact) mass is 430 g/mol. The van der Waals surface area contributed by atoms with E-state index in [4.69, 9.17) is 25.5 Å². The summed E-state index contributed by atoms with van der Waals surface area (Å²) in [4.78, 5) is 11.0. The van der Waals surface area contributed by atoms with Crippen LogP contribution in [0, 0.1) is 0 Å². The maximum atomic E-state index is 11.0. The molecule has 29 heavy (non-hydrogen) atoms. The van der Waals surface area contributed by atoms with Crippen LogP contribution in [0.2, 0.25) is 5.02 Å². The van der Waals surface area contributed by atoms with Gasteiger partial charge in [0, 0.05) is 18.4 Å². The second-order valence-corrected chi connectivity index (χ2v) is 8.10. The van der Waals surface area contributed by atoms with Crippen LogP contribution in [0.1, 0.15) is 35.6 Å². The van der Waals surface area contributed by atoms with Crippen LogP contribution in [-0.4, -0.2) is 28.9 Å². The topological polar surface area (TPSA) is 74.5 Å². The van der Waals surface area contributed by atoms with Gasteiger partial charge in [-0.15, -0.1) is 10.2 Å². The first-order chi connectivity index (χ1) is 14.1. The van der Waals surface area contributed by atoms with Crippen LogP contribution in [0.5, 0.6) is 0 Å². The first kappa shape index (κ1) is 19.8. The maximum absolute atomic E-state index is 11.0.